The molecule has 0 amide bonds. The first kappa shape index (κ1) is 14.5. The molecule has 2 unspecified atom stereocenters. The Labute approximate surface area is 116 Å². The minimum atomic E-state index is 0.617. The molecule has 1 N–H and O–H groups in total. The van der Waals surface area contributed by atoms with Crippen molar-refractivity contribution >= 4 is 0 Å². The lowest BCUT2D eigenvalue weighted by molar-refractivity contribution is 0.199. The minimum absolute atomic E-state index is 0.617. The van der Waals surface area contributed by atoms with Crippen LogP contribution in [0.2, 0.25) is 0 Å². The van der Waals surface area contributed by atoms with Gasteiger partial charge in [0.15, 0.2) is 0 Å². The van der Waals surface area contributed by atoms with Gasteiger partial charge in [-0.3, -0.25) is 4.68 Å². The molecule has 2 atom stereocenters. The minimum Gasteiger partial charge on any atom is -0.383 e. The quantitative estimate of drug-likeness (QED) is 0.771. The van der Waals surface area contributed by atoms with Crippen molar-refractivity contribution in [2.75, 3.05) is 20.3 Å². The maximum absolute atomic E-state index is 5.02. The molecule has 1 aromatic rings. The highest BCUT2D eigenvalue weighted by Gasteiger charge is 2.22. The molecule has 4 heteroatoms. The molecule has 19 heavy (non-hydrogen) atoms. The normalized spacial score (nSPS) is 23.7. The van der Waals surface area contributed by atoms with Gasteiger partial charge in [-0.05, 0) is 18.8 Å². The third kappa shape index (κ3) is 4.32. The molecule has 0 bridgehead atoms. The molecule has 1 heterocycles. The first-order chi connectivity index (χ1) is 9.33. The predicted molar refractivity (Wildman–Crippen MR) is 77.1 cm³/mol. The number of ether oxygens (including phenoxy) is 1. The number of nitrogens with one attached hydrogen (secondary N) is 1. The largest absolute Gasteiger partial charge is 0.383 e. The summed E-state index contributed by atoms with van der Waals surface area (Å²) in [5, 5.41) is 7.91. The summed E-state index contributed by atoms with van der Waals surface area (Å²) in [5.41, 5.74) is 1.27. The average molecular weight is 265 g/mol. The molecule has 1 aromatic heterocycles. The molecule has 2 rings (SSSR count). The van der Waals surface area contributed by atoms with Crippen molar-refractivity contribution in [2.24, 2.45) is 5.92 Å². The van der Waals surface area contributed by atoms with Gasteiger partial charge in [0, 0.05) is 32.0 Å². The third-order valence-electron chi connectivity index (χ3n) is 4.17. The van der Waals surface area contributed by atoms with E-state index in [-0.39, 0.29) is 0 Å². The molecule has 0 spiro atoms. The van der Waals surface area contributed by atoms with Gasteiger partial charge in [0.05, 0.1) is 18.8 Å². The van der Waals surface area contributed by atoms with E-state index in [9.17, 15) is 0 Å². The zero-order valence-corrected chi connectivity index (χ0v) is 12.3. The molecule has 108 valence electrons. The van der Waals surface area contributed by atoms with Gasteiger partial charge < -0.3 is 10.1 Å². The maximum atomic E-state index is 5.02. The van der Waals surface area contributed by atoms with E-state index in [2.05, 4.69) is 28.2 Å². The van der Waals surface area contributed by atoms with E-state index in [0.717, 1.165) is 25.6 Å². The zero-order valence-electron chi connectivity index (χ0n) is 12.3. The van der Waals surface area contributed by atoms with Crippen molar-refractivity contribution in [3.63, 3.8) is 0 Å². The fourth-order valence-electron chi connectivity index (χ4n) is 2.95. The fraction of sp³-hybridized carbons (Fsp3) is 0.800. The van der Waals surface area contributed by atoms with Crippen molar-refractivity contribution < 1.29 is 4.74 Å². The predicted octanol–water partition coefficient (Wildman–Crippen LogP) is 2.76. The number of methoxy groups -OCH3 is 1. The Hall–Kier alpha value is -0.870. The SMILES string of the molecule is CCC1CCCC(n2cc(CNCCOC)cn2)C1. The van der Waals surface area contributed by atoms with Crippen LogP contribution >= 0.6 is 0 Å². The van der Waals surface area contributed by atoms with Crippen molar-refractivity contribution in [3.05, 3.63) is 18.0 Å². The van der Waals surface area contributed by atoms with Gasteiger partial charge >= 0.3 is 0 Å². The molecule has 0 aromatic carbocycles. The lowest BCUT2D eigenvalue weighted by Gasteiger charge is -2.28. The Morgan fingerprint density at radius 3 is 3.16 bits per heavy atom. The summed E-state index contributed by atoms with van der Waals surface area (Å²) >= 11 is 0. The van der Waals surface area contributed by atoms with E-state index in [1.54, 1.807) is 7.11 Å². The summed E-state index contributed by atoms with van der Waals surface area (Å²) in [5.74, 6) is 0.895. The molecular formula is C15H27N3O. The summed E-state index contributed by atoms with van der Waals surface area (Å²) in [6.07, 6.45) is 10.9. The summed E-state index contributed by atoms with van der Waals surface area (Å²) in [7, 11) is 1.73. The van der Waals surface area contributed by atoms with Crippen molar-refractivity contribution in [1.29, 1.82) is 0 Å². The van der Waals surface area contributed by atoms with Crippen LogP contribution in [-0.2, 0) is 11.3 Å². The van der Waals surface area contributed by atoms with Crippen LogP contribution in [0.5, 0.6) is 0 Å². The van der Waals surface area contributed by atoms with Crippen molar-refractivity contribution in [3.8, 4) is 0 Å². The van der Waals surface area contributed by atoms with E-state index < -0.39 is 0 Å². The lowest BCUT2D eigenvalue weighted by Crippen LogP contribution is -2.19. The van der Waals surface area contributed by atoms with Crippen LogP contribution < -0.4 is 5.32 Å². The van der Waals surface area contributed by atoms with E-state index in [1.165, 1.54) is 37.7 Å². The zero-order chi connectivity index (χ0) is 13.5. The second-order valence-electron chi connectivity index (χ2n) is 5.59. The van der Waals surface area contributed by atoms with Gasteiger partial charge in [0.2, 0.25) is 0 Å². The number of aromatic nitrogens is 2. The molecule has 1 aliphatic carbocycles. The Morgan fingerprint density at radius 1 is 1.47 bits per heavy atom. The van der Waals surface area contributed by atoms with Crippen LogP contribution in [0.25, 0.3) is 0 Å². The van der Waals surface area contributed by atoms with Crippen LogP contribution in [-0.4, -0.2) is 30.0 Å². The van der Waals surface area contributed by atoms with Crippen molar-refractivity contribution in [1.82, 2.24) is 15.1 Å². The fourth-order valence-corrected chi connectivity index (χ4v) is 2.95. The molecular weight excluding hydrogens is 238 g/mol. The Kier molecular flexibility index (Phi) is 5.86. The van der Waals surface area contributed by atoms with E-state index in [1.807, 2.05) is 6.20 Å². The topological polar surface area (TPSA) is 39.1 Å². The average Bonchev–Trinajstić information content (AvgIpc) is 2.92. The molecule has 0 aliphatic heterocycles. The number of hydrogen-bond donors (Lipinski definition) is 1. The van der Waals surface area contributed by atoms with E-state index >= 15 is 0 Å². The molecule has 4 nitrogen and oxygen atoms in total. The van der Waals surface area contributed by atoms with Gasteiger partial charge in [-0.25, -0.2) is 0 Å². The second-order valence-corrected chi connectivity index (χ2v) is 5.59. The van der Waals surface area contributed by atoms with Gasteiger partial charge in [-0.15, -0.1) is 0 Å². The Balaban J connectivity index is 1.82. The molecule has 1 aliphatic rings. The van der Waals surface area contributed by atoms with Crippen LogP contribution in [0.4, 0.5) is 0 Å². The highest BCUT2D eigenvalue weighted by Crippen LogP contribution is 2.33. The number of hydrogen-bond acceptors (Lipinski definition) is 3. The smallest absolute Gasteiger partial charge is 0.0587 e. The summed E-state index contributed by atoms with van der Waals surface area (Å²) in [4.78, 5) is 0. The highest BCUT2D eigenvalue weighted by atomic mass is 16.5. The van der Waals surface area contributed by atoms with E-state index in [0.29, 0.717) is 6.04 Å². The Morgan fingerprint density at radius 2 is 2.37 bits per heavy atom. The van der Waals surface area contributed by atoms with E-state index in [4.69, 9.17) is 4.74 Å². The van der Waals surface area contributed by atoms with Gasteiger partial charge in [0.1, 0.15) is 0 Å². The lowest BCUT2D eigenvalue weighted by atomic mass is 9.84. The summed E-state index contributed by atoms with van der Waals surface area (Å²) < 4.78 is 7.21. The van der Waals surface area contributed by atoms with Crippen LogP contribution in [0.3, 0.4) is 0 Å². The van der Waals surface area contributed by atoms with Crippen molar-refractivity contribution in [2.45, 2.75) is 51.6 Å². The molecule has 0 saturated heterocycles. The molecule has 1 fully saturated rings. The van der Waals surface area contributed by atoms with Gasteiger partial charge in [-0.2, -0.15) is 5.10 Å². The summed E-state index contributed by atoms with van der Waals surface area (Å²) in [6.45, 7) is 4.84. The van der Waals surface area contributed by atoms with Crippen LogP contribution in [0.1, 0.15) is 50.6 Å². The first-order valence-electron chi connectivity index (χ1n) is 7.56. The molecule has 1 saturated carbocycles. The molecule has 0 radical (unpaired) electrons. The van der Waals surface area contributed by atoms with Gasteiger partial charge in [-0.1, -0.05) is 26.2 Å². The summed E-state index contributed by atoms with van der Waals surface area (Å²) in [6, 6.07) is 0.617. The van der Waals surface area contributed by atoms with Crippen LogP contribution in [0.15, 0.2) is 12.4 Å². The standard InChI is InChI=1S/C15H27N3O/c1-3-13-5-4-6-15(9-13)18-12-14(11-17-18)10-16-7-8-19-2/h11-13,15-16H,3-10H2,1-2H3. The number of nitrogens with zero attached hydrogens (tertiary/aromatic N) is 2. The monoisotopic (exact) mass is 265 g/mol. The maximum Gasteiger partial charge on any atom is 0.0587 e. The second kappa shape index (κ2) is 7.65. The van der Waals surface area contributed by atoms with Gasteiger partial charge in [0.25, 0.3) is 0 Å². The third-order valence-corrected chi connectivity index (χ3v) is 4.17. The first-order valence-corrected chi connectivity index (χ1v) is 7.56. The number of rotatable bonds is 7. The Bertz CT molecular complexity index is 364. The highest BCUT2D eigenvalue weighted by molar-refractivity contribution is 5.04. The van der Waals surface area contributed by atoms with Crippen LogP contribution in [0, 0.1) is 5.92 Å².